The summed E-state index contributed by atoms with van der Waals surface area (Å²) in [6, 6.07) is 5.36. The van der Waals surface area contributed by atoms with Crippen LogP contribution in [0.25, 0.3) is 10.2 Å². The summed E-state index contributed by atoms with van der Waals surface area (Å²) in [6.07, 6.45) is -0.457. The van der Waals surface area contributed by atoms with Gasteiger partial charge in [0, 0.05) is 22.8 Å². The lowest BCUT2D eigenvalue weighted by Crippen LogP contribution is -2.34. The molecule has 5 nitrogen and oxygen atoms in total. The molecular weight excluding hydrogens is 481 g/mol. The highest BCUT2D eigenvalue weighted by Gasteiger charge is 2.30. The van der Waals surface area contributed by atoms with E-state index in [0.717, 1.165) is 51.3 Å². The molecule has 3 heterocycles. The number of alkyl halides is 3. The van der Waals surface area contributed by atoms with E-state index in [9.17, 15) is 18.0 Å². The van der Waals surface area contributed by atoms with Crippen LogP contribution in [0.4, 0.5) is 13.2 Å². The molecule has 0 saturated heterocycles. The Morgan fingerprint density at radius 2 is 2.15 bits per heavy atom. The summed E-state index contributed by atoms with van der Waals surface area (Å²) in [6.45, 7) is 4.26. The first-order chi connectivity index (χ1) is 16.2. The van der Waals surface area contributed by atoms with Gasteiger partial charge < -0.3 is 5.32 Å². The van der Waals surface area contributed by atoms with Crippen molar-refractivity contribution in [3.05, 3.63) is 78.6 Å². The van der Waals surface area contributed by atoms with E-state index >= 15 is 0 Å². The number of aromatic nitrogens is 3. The second-order valence-corrected chi connectivity index (χ2v) is 10.8. The van der Waals surface area contributed by atoms with Gasteiger partial charge in [0.15, 0.2) is 0 Å². The van der Waals surface area contributed by atoms with Gasteiger partial charge in [0.2, 0.25) is 0 Å². The van der Waals surface area contributed by atoms with E-state index in [4.69, 9.17) is 0 Å². The lowest BCUT2D eigenvalue weighted by molar-refractivity contribution is -0.137. The second kappa shape index (κ2) is 8.90. The number of thiophene rings is 1. The highest BCUT2D eigenvalue weighted by Crippen LogP contribution is 2.34. The highest BCUT2D eigenvalue weighted by molar-refractivity contribution is 7.18. The smallest absolute Gasteiger partial charge is 0.310 e. The molecule has 0 unspecified atom stereocenters. The number of hydrogen-bond acceptors (Lipinski definition) is 6. The van der Waals surface area contributed by atoms with Crippen LogP contribution in [0.2, 0.25) is 0 Å². The minimum Gasteiger partial charge on any atom is -0.310 e. The van der Waals surface area contributed by atoms with Gasteiger partial charge in [-0.2, -0.15) is 13.2 Å². The van der Waals surface area contributed by atoms with Gasteiger partial charge in [0.1, 0.15) is 4.83 Å². The van der Waals surface area contributed by atoms with Crippen LogP contribution in [0.15, 0.2) is 40.8 Å². The summed E-state index contributed by atoms with van der Waals surface area (Å²) in [7, 11) is 0. The lowest BCUT2D eigenvalue weighted by atomic mass is 9.93. The Kier molecular flexibility index (Phi) is 6.07. The van der Waals surface area contributed by atoms with Gasteiger partial charge in [-0.1, -0.05) is 18.2 Å². The number of halogens is 3. The summed E-state index contributed by atoms with van der Waals surface area (Å²) in [4.78, 5) is 24.4. The van der Waals surface area contributed by atoms with Gasteiger partial charge >= 0.3 is 6.18 Å². The first kappa shape index (κ1) is 23.2. The molecule has 4 aromatic rings. The molecule has 0 radical (unpaired) electrons. The fourth-order valence-electron chi connectivity index (χ4n) is 4.46. The molecule has 34 heavy (non-hydrogen) atoms. The molecule has 1 aliphatic carbocycles. The fourth-order valence-corrected chi connectivity index (χ4v) is 6.42. The lowest BCUT2D eigenvalue weighted by Gasteiger charge is -2.23. The number of aryl methyl sites for hydroxylation is 2. The van der Waals surface area contributed by atoms with Crippen LogP contribution in [-0.2, 0) is 25.6 Å². The van der Waals surface area contributed by atoms with Crippen LogP contribution < -0.4 is 10.9 Å². The number of nitrogens with one attached hydrogen (secondary N) is 1. The number of nitrogens with zero attached hydrogens (tertiary/aromatic N) is 3. The Labute approximate surface area is 202 Å². The summed E-state index contributed by atoms with van der Waals surface area (Å²) in [5, 5.41) is 7.02. The average molecular weight is 505 g/mol. The number of rotatable bonds is 5. The second-order valence-electron chi connectivity index (χ2n) is 8.63. The van der Waals surface area contributed by atoms with E-state index in [1.807, 2.05) is 19.2 Å². The number of fused-ring (bicyclic) bond motifs is 3. The predicted molar refractivity (Wildman–Crippen MR) is 129 cm³/mol. The molecule has 1 aromatic carbocycles. The Balaban J connectivity index is 1.35. The summed E-state index contributed by atoms with van der Waals surface area (Å²) >= 11 is 3.10. The minimum atomic E-state index is -4.34. The zero-order chi connectivity index (χ0) is 24.0. The zero-order valence-corrected chi connectivity index (χ0v) is 20.3. The van der Waals surface area contributed by atoms with Crippen LogP contribution >= 0.6 is 22.7 Å². The molecule has 0 bridgehead atoms. The highest BCUT2D eigenvalue weighted by atomic mass is 32.1. The Bertz CT molecular complexity index is 1410. The molecule has 178 valence electrons. The van der Waals surface area contributed by atoms with Crippen molar-refractivity contribution in [3.8, 4) is 0 Å². The van der Waals surface area contributed by atoms with Crippen molar-refractivity contribution in [3.63, 3.8) is 0 Å². The van der Waals surface area contributed by atoms with E-state index < -0.39 is 11.7 Å². The van der Waals surface area contributed by atoms with Crippen LogP contribution in [0.3, 0.4) is 0 Å². The molecule has 0 aliphatic heterocycles. The number of thiazole rings is 1. The predicted octanol–water partition coefficient (Wildman–Crippen LogP) is 5.50. The molecule has 2 atom stereocenters. The summed E-state index contributed by atoms with van der Waals surface area (Å²) < 4.78 is 40.6. The van der Waals surface area contributed by atoms with Crippen LogP contribution in [0.1, 0.15) is 51.7 Å². The fraction of sp³-hybridized carbons (Fsp3) is 0.375. The van der Waals surface area contributed by atoms with E-state index in [-0.39, 0.29) is 17.6 Å². The maximum Gasteiger partial charge on any atom is 0.416 e. The SMILES string of the molecule is Cc1nc([C@@H](C)n2cnc3sc4c(c3c2=O)CC[C@@H](NCc2cccc(C(F)(F)F)c2)C4)cs1. The number of hydrogen-bond donors (Lipinski definition) is 1. The molecule has 0 saturated carbocycles. The minimum absolute atomic E-state index is 0.0453. The molecule has 10 heteroatoms. The first-order valence-corrected chi connectivity index (χ1v) is 12.7. The molecule has 1 aliphatic rings. The van der Waals surface area contributed by atoms with Gasteiger partial charge in [-0.25, -0.2) is 9.97 Å². The third-order valence-corrected chi connectivity index (χ3v) is 8.28. The van der Waals surface area contributed by atoms with Gasteiger partial charge in [0.25, 0.3) is 5.56 Å². The zero-order valence-electron chi connectivity index (χ0n) is 18.6. The Morgan fingerprint density at radius 1 is 1.32 bits per heavy atom. The Hall–Kier alpha value is -2.56. The first-order valence-electron chi connectivity index (χ1n) is 11.0. The average Bonchev–Trinajstić information content (AvgIpc) is 3.40. The van der Waals surface area contributed by atoms with E-state index in [0.29, 0.717) is 17.5 Å². The summed E-state index contributed by atoms with van der Waals surface area (Å²) in [5.74, 6) is 0. The van der Waals surface area contributed by atoms with E-state index in [1.54, 1.807) is 28.3 Å². The quantitative estimate of drug-likeness (QED) is 0.390. The molecule has 0 fully saturated rings. The van der Waals surface area contributed by atoms with Crippen LogP contribution in [-0.4, -0.2) is 20.6 Å². The standard InChI is InChI=1S/C24H23F3N4OS2/c1-13(19-11-33-14(2)30-19)31-12-29-22-21(23(31)32)18-7-6-17(9-20(18)34-22)28-10-15-4-3-5-16(8-15)24(25,26)27/h3-5,8,11-13,17,28H,6-7,9-10H2,1-2H3/t13-,17-/m1/s1. The van der Waals surface area contributed by atoms with Crippen molar-refractivity contribution in [2.24, 2.45) is 0 Å². The molecule has 0 amide bonds. The maximum atomic E-state index is 13.4. The normalized spacial score (nSPS) is 17.1. The third kappa shape index (κ3) is 4.42. The largest absolute Gasteiger partial charge is 0.416 e. The number of benzene rings is 1. The van der Waals surface area contributed by atoms with Crippen molar-refractivity contribution in [1.82, 2.24) is 19.9 Å². The third-order valence-electron chi connectivity index (χ3n) is 6.33. The van der Waals surface area contributed by atoms with Gasteiger partial charge in [0.05, 0.1) is 34.0 Å². The van der Waals surface area contributed by atoms with Crippen molar-refractivity contribution >= 4 is 32.9 Å². The van der Waals surface area contributed by atoms with Crippen molar-refractivity contribution in [1.29, 1.82) is 0 Å². The molecular formula is C24H23F3N4OS2. The van der Waals surface area contributed by atoms with Crippen LogP contribution in [0, 0.1) is 6.92 Å². The molecule has 1 N–H and O–H groups in total. The molecule has 3 aromatic heterocycles. The van der Waals surface area contributed by atoms with Crippen molar-refractivity contribution in [2.45, 2.75) is 57.9 Å². The van der Waals surface area contributed by atoms with Gasteiger partial charge in [-0.15, -0.1) is 22.7 Å². The topological polar surface area (TPSA) is 59.8 Å². The van der Waals surface area contributed by atoms with Crippen molar-refractivity contribution < 1.29 is 13.2 Å². The maximum absolute atomic E-state index is 13.4. The van der Waals surface area contributed by atoms with Gasteiger partial charge in [-0.3, -0.25) is 9.36 Å². The molecule has 5 rings (SSSR count). The van der Waals surface area contributed by atoms with Crippen LogP contribution in [0.5, 0.6) is 0 Å². The monoisotopic (exact) mass is 504 g/mol. The van der Waals surface area contributed by atoms with Gasteiger partial charge in [-0.05, 0) is 50.3 Å². The van der Waals surface area contributed by atoms with E-state index in [2.05, 4.69) is 15.3 Å². The Morgan fingerprint density at radius 3 is 2.88 bits per heavy atom. The van der Waals surface area contributed by atoms with E-state index in [1.165, 1.54) is 23.5 Å². The molecule has 0 spiro atoms. The van der Waals surface area contributed by atoms with Crippen molar-refractivity contribution in [2.75, 3.05) is 0 Å². The summed E-state index contributed by atoms with van der Waals surface area (Å²) in [5.41, 5.74) is 1.84.